The second-order valence-corrected chi connectivity index (χ2v) is 10.4. The van der Waals surface area contributed by atoms with E-state index in [4.69, 9.17) is 9.47 Å². The van der Waals surface area contributed by atoms with Gasteiger partial charge in [0.05, 0.1) is 34.5 Å². The van der Waals surface area contributed by atoms with Crippen molar-refractivity contribution in [1.29, 1.82) is 0 Å². The lowest BCUT2D eigenvalue weighted by Gasteiger charge is -2.23. The number of aliphatic hydroxyl groups is 1. The number of carbonyl (C=O) groups excluding carboxylic acids is 3. The van der Waals surface area contributed by atoms with Gasteiger partial charge in [0.2, 0.25) is 0 Å². The van der Waals surface area contributed by atoms with Crippen LogP contribution in [0.15, 0.2) is 66.2 Å². The highest BCUT2D eigenvalue weighted by Gasteiger charge is 2.48. The molecule has 3 heterocycles. The van der Waals surface area contributed by atoms with Gasteiger partial charge in [0, 0.05) is 12.0 Å². The van der Waals surface area contributed by atoms with Crippen LogP contribution in [-0.4, -0.2) is 41.0 Å². The number of fused-ring (bicyclic) bond motifs is 2. The van der Waals surface area contributed by atoms with Crippen molar-refractivity contribution in [1.82, 2.24) is 4.98 Å². The number of esters is 1. The zero-order valence-electron chi connectivity index (χ0n) is 20.8. The summed E-state index contributed by atoms with van der Waals surface area (Å²) in [5.74, 6) is -2.40. The van der Waals surface area contributed by atoms with Crippen molar-refractivity contribution in [3.05, 3.63) is 94.3 Å². The van der Waals surface area contributed by atoms with Crippen LogP contribution in [0.25, 0.3) is 16.0 Å². The number of ether oxygens (including phenoxy) is 2. The van der Waals surface area contributed by atoms with Crippen molar-refractivity contribution in [2.45, 2.75) is 25.5 Å². The Bertz CT molecular complexity index is 1710. The maximum Gasteiger partial charge on any atom is 0.337 e. The number of rotatable bonds is 4. The Balaban J connectivity index is 1.52. The number of carbonyl (C=O) groups is 3. The van der Waals surface area contributed by atoms with Gasteiger partial charge in [0.1, 0.15) is 23.4 Å². The molecule has 39 heavy (non-hydrogen) atoms. The number of ketones is 1. The molecule has 2 aliphatic rings. The van der Waals surface area contributed by atoms with E-state index in [0.29, 0.717) is 33.5 Å². The number of hydrogen-bond donors (Lipinski definition) is 1. The number of anilines is 1. The number of methoxy groups -OCH3 is 1. The summed E-state index contributed by atoms with van der Waals surface area (Å²) in [6, 6.07) is 14.3. The summed E-state index contributed by atoms with van der Waals surface area (Å²) >= 11 is 1.06. The Labute approximate surface area is 225 Å². The SMILES string of the molecule is COC(=O)c1ccc([C@@H]2C(=C(O)c3ccc4c(c3)C[C@H](C)O4)C(=O)C(=O)N2c2nc3ccc(F)cc3s2)cc1. The molecule has 0 saturated carbocycles. The maximum atomic E-state index is 13.9. The minimum absolute atomic E-state index is 0.0137. The molecule has 1 saturated heterocycles. The highest BCUT2D eigenvalue weighted by molar-refractivity contribution is 7.22. The number of thiazole rings is 1. The predicted molar refractivity (Wildman–Crippen MR) is 142 cm³/mol. The molecular formula is C29H21FN2O6S. The van der Waals surface area contributed by atoms with Gasteiger partial charge in [-0.3, -0.25) is 14.5 Å². The van der Waals surface area contributed by atoms with E-state index in [-0.39, 0.29) is 28.1 Å². The molecule has 4 aromatic rings. The van der Waals surface area contributed by atoms with Gasteiger partial charge >= 0.3 is 11.9 Å². The number of aromatic nitrogens is 1. The topological polar surface area (TPSA) is 106 Å². The Hall–Kier alpha value is -4.57. The molecule has 1 amide bonds. The van der Waals surface area contributed by atoms with E-state index in [1.807, 2.05) is 6.92 Å². The number of hydrogen-bond acceptors (Lipinski definition) is 8. The summed E-state index contributed by atoms with van der Waals surface area (Å²) in [7, 11) is 1.27. The summed E-state index contributed by atoms with van der Waals surface area (Å²) in [5, 5.41) is 11.6. The molecule has 0 radical (unpaired) electrons. The van der Waals surface area contributed by atoms with Crippen LogP contribution in [0.1, 0.15) is 40.0 Å². The van der Waals surface area contributed by atoms with Crippen molar-refractivity contribution < 1.29 is 33.4 Å². The van der Waals surface area contributed by atoms with Crippen LogP contribution in [0.3, 0.4) is 0 Å². The number of nitrogens with zero attached hydrogens (tertiary/aromatic N) is 2. The van der Waals surface area contributed by atoms with Crippen LogP contribution in [-0.2, 0) is 20.7 Å². The summed E-state index contributed by atoms with van der Waals surface area (Å²) in [6.45, 7) is 1.94. The predicted octanol–water partition coefficient (Wildman–Crippen LogP) is 5.17. The Morgan fingerprint density at radius 3 is 2.59 bits per heavy atom. The summed E-state index contributed by atoms with van der Waals surface area (Å²) < 4.78 is 24.9. The van der Waals surface area contributed by atoms with Crippen molar-refractivity contribution >= 4 is 50.1 Å². The lowest BCUT2D eigenvalue weighted by atomic mass is 9.94. The molecule has 0 aliphatic carbocycles. The second kappa shape index (κ2) is 9.32. The molecule has 2 atom stereocenters. The van der Waals surface area contributed by atoms with Crippen LogP contribution in [0.2, 0.25) is 0 Å². The van der Waals surface area contributed by atoms with Crippen LogP contribution in [0.4, 0.5) is 9.52 Å². The number of Topliss-reactive ketones (excluding diaryl/α,β-unsaturated/α-hetero) is 1. The second-order valence-electron chi connectivity index (χ2n) is 9.35. The minimum Gasteiger partial charge on any atom is -0.507 e. The number of halogens is 1. The first-order valence-electron chi connectivity index (χ1n) is 12.1. The quantitative estimate of drug-likeness (QED) is 0.164. The zero-order chi connectivity index (χ0) is 27.4. The number of benzene rings is 3. The molecule has 8 nitrogen and oxygen atoms in total. The van der Waals surface area contributed by atoms with Crippen molar-refractivity contribution in [3.8, 4) is 5.75 Å². The molecule has 3 aromatic carbocycles. The Morgan fingerprint density at radius 1 is 1.10 bits per heavy atom. The number of amides is 1. The van der Waals surface area contributed by atoms with E-state index in [9.17, 15) is 23.9 Å². The minimum atomic E-state index is -1.05. The monoisotopic (exact) mass is 544 g/mol. The van der Waals surface area contributed by atoms with Gasteiger partial charge in [-0.05, 0) is 66.6 Å². The van der Waals surface area contributed by atoms with Crippen LogP contribution < -0.4 is 9.64 Å². The molecule has 1 N–H and O–H groups in total. The van der Waals surface area contributed by atoms with Crippen molar-refractivity contribution in [2.75, 3.05) is 12.0 Å². The first-order valence-corrected chi connectivity index (χ1v) is 12.9. The molecule has 6 rings (SSSR count). The third-order valence-corrected chi connectivity index (χ3v) is 7.82. The van der Waals surface area contributed by atoms with Gasteiger partial charge in [0.15, 0.2) is 5.13 Å². The standard InChI is InChI=1S/C29H21FN2O6S/c1-14-11-18-12-17(7-10-21(18)38-14)25(33)23-24(15-3-5-16(6-4-15)28(36)37-2)32(27(35)26(23)34)29-31-20-9-8-19(30)13-22(20)39-29/h3-10,12-14,24,33H,11H2,1-2H3/t14-,24+/m0/s1. The molecule has 10 heteroatoms. The van der Waals surface area contributed by atoms with Gasteiger partial charge in [-0.25, -0.2) is 14.2 Å². The molecule has 2 aliphatic heterocycles. The van der Waals surface area contributed by atoms with E-state index in [2.05, 4.69) is 4.98 Å². The van der Waals surface area contributed by atoms with Crippen molar-refractivity contribution in [2.24, 2.45) is 0 Å². The lowest BCUT2D eigenvalue weighted by Crippen LogP contribution is -2.29. The first-order chi connectivity index (χ1) is 18.7. The Kier molecular flexibility index (Phi) is 5.91. The molecule has 1 aromatic heterocycles. The van der Waals surface area contributed by atoms with E-state index in [1.165, 1.54) is 42.3 Å². The van der Waals surface area contributed by atoms with Gasteiger partial charge in [-0.2, -0.15) is 0 Å². The largest absolute Gasteiger partial charge is 0.507 e. The summed E-state index contributed by atoms with van der Waals surface area (Å²) in [6.07, 6.45) is 0.631. The smallest absolute Gasteiger partial charge is 0.337 e. The van der Waals surface area contributed by atoms with E-state index in [0.717, 1.165) is 16.9 Å². The van der Waals surface area contributed by atoms with E-state index < -0.39 is 29.5 Å². The Morgan fingerprint density at radius 2 is 1.85 bits per heavy atom. The normalized spacial score (nSPS) is 19.8. The van der Waals surface area contributed by atoms with Crippen molar-refractivity contribution in [3.63, 3.8) is 0 Å². The van der Waals surface area contributed by atoms with Gasteiger partial charge in [0.25, 0.3) is 5.78 Å². The van der Waals surface area contributed by atoms with E-state index in [1.54, 1.807) is 30.3 Å². The molecule has 0 unspecified atom stereocenters. The molecule has 1 fully saturated rings. The average molecular weight is 545 g/mol. The number of aliphatic hydroxyl groups excluding tert-OH is 1. The third-order valence-electron chi connectivity index (χ3n) is 6.81. The summed E-state index contributed by atoms with van der Waals surface area (Å²) in [5.41, 5.74) is 2.34. The molecule has 0 bridgehead atoms. The fraction of sp³-hybridized carbons (Fsp3) is 0.172. The van der Waals surface area contributed by atoms with Crippen LogP contribution in [0.5, 0.6) is 5.75 Å². The summed E-state index contributed by atoms with van der Waals surface area (Å²) in [4.78, 5) is 44.6. The fourth-order valence-corrected chi connectivity index (χ4v) is 6.00. The molecule has 0 spiro atoms. The fourth-order valence-electron chi connectivity index (χ4n) is 4.98. The first kappa shape index (κ1) is 24.7. The average Bonchev–Trinajstić information content (AvgIpc) is 3.59. The highest BCUT2D eigenvalue weighted by Crippen LogP contribution is 2.45. The molecule has 196 valence electrons. The highest BCUT2D eigenvalue weighted by atomic mass is 32.1. The van der Waals surface area contributed by atoms with E-state index >= 15 is 0 Å². The van der Waals surface area contributed by atoms with Crippen LogP contribution >= 0.6 is 11.3 Å². The maximum absolute atomic E-state index is 13.9. The lowest BCUT2D eigenvalue weighted by molar-refractivity contribution is -0.132. The van der Waals surface area contributed by atoms with Gasteiger partial charge in [-0.15, -0.1) is 0 Å². The van der Waals surface area contributed by atoms with Gasteiger partial charge < -0.3 is 14.6 Å². The zero-order valence-corrected chi connectivity index (χ0v) is 21.6. The van der Waals surface area contributed by atoms with Crippen LogP contribution in [0, 0.1) is 5.82 Å². The van der Waals surface area contributed by atoms with Gasteiger partial charge in [-0.1, -0.05) is 23.5 Å². The molecular weight excluding hydrogens is 523 g/mol. The third kappa shape index (κ3) is 4.13.